The number of nitrogens with one attached hydrogen (secondary N) is 3. The Balaban J connectivity index is 1.74. The van der Waals surface area contributed by atoms with E-state index in [2.05, 4.69) is 20.9 Å². The molecule has 144 valence electrons. The second kappa shape index (κ2) is 10.3. The summed E-state index contributed by atoms with van der Waals surface area (Å²) in [7, 11) is 0. The molecule has 10 heteroatoms. The van der Waals surface area contributed by atoms with Crippen LogP contribution in [0.25, 0.3) is 0 Å². The summed E-state index contributed by atoms with van der Waals surface area (Å²) in [6.45, 7) is 3.03. The average Bonchev–Trinajstić information content (AvgIpc) is 3.03. The van der Waals surface area contributed by atoms with Crippen LogP contribution in [-0.2, 0) is 20.1 Å². The molecule has 0 fully saturated rings. The zero-order valence-electron chi connectivity index (χ0n) is 14.7. The van der Waals surface area contributed by atoms with Crippen LogP contribution in [0.1, 0.15) is 19.5 Å². The van der Waals surface area contributed by atoms with Gasteiger partial charge in [-0.15, -0.1) is 34.7 Å². The van der Waals surface area contributed by atoms with Gasteiger partial charge in [0.05, 0.1) is 11.4 Å². The predicted octanol–water partition coefficient (Wildman–Crippen LogP) is 3.54. The minimum absolute atomic E-state index is 0.132. The van der Waals surface area contributed by atoms with Gasteiger partial charge in [-0.2, -0.15) is 0 Å². The maximum atomic E-state index is 12.0. The number of aromatic nitrogens is 1. The number of nitrogens with zero attached hydrogens (tertiary/aromatic N) is 1. The van der Waals surface area contributed by atoms with E-state index in [0.29, 0.717) is 22.3 Å². The number of halogens is 1. The molecule has 1 unspecified atom stereocenters. The van der Waals surface area contributed by atoms with Crippen molar-refractivity contribution in [2.24, 2.45) is 0 Å². The highest BCUT2D eigenvalue weighted by Gasteiger charge is 2.12. The lowest BCUT2D eigenvalue weighted by molar-refractivity contribution is -0.116. The number of thioether (sulfide) groups is 1. The van der Waals surface area contributed by atoms with Crippen LogP contribution in [0.4, 0.5) is 16.5 Å². The molecule has 2 rings (SSSR count). The van der Waals surface area contributed by atoms with E-state index in [9.17, 15) is 14.4 Å². The zero-order valence-corrected chi connectivity index (χ0v) is 17.1. The summed E-state index contributed by atoms with van der Waals surface area (Å²) in [6, 6.07) is 6.89. The standard InChI is InChI=1S/C17H19ClN4O3S2/c1-10(18)16(25)22-17-21-14(8-27-17)7-26-9-15(24)20-13-5-3-12(4-6-13)19-11(2)23/h3-6,8,10H,7,9H2,1-2H3,(H,19,23)(H,20,24)(H,21,22,25). The Hall–Kier alpha value is -2.10. The van der Waals surface area contributed by atoms with Gasteiger partial charge in [0, 0.05) is 29.4 Å². The number of thiazole rings is 1. The van der Waals surface area contributed by atoms with E-state index < -0.39 is 5.38 Å². The molecule has 0 saturated carbocycles. The van der Waals surface area contributed by atoms with E-state index in [-0.39, 0.29) is 23.5 Å². The first kappa shape index (κ1) is 21.2. The predicted molar refractivity (Wildman–Crippen MR) is 112 cm³/mol. The quantitative estimate of drug-likeness (QED) is 0.560. The normalized spacial score (nSPS) is 11.5. The zero-order chi connectivity index (χ0) is 19.8. The minimum atomic E-state index is -0.622. The maximum absolute atomic E-state index is 12.0. The molecule has 0 aliphatic rings. The monoisotopic (exact) mass is 426 g/mol. The Morgan fingerprint density at radius 3 is 2.37 bits per heavy atom. The van der Waals surface area contributed by atoms with Crippen molar-refractivity contribution in [2.75, 3.05) is 21.7 Å². The van der Waals surface area contributed by atoms with Crippen molar-refractivity contribution in [2.45, 2.75) is 25.0 Å². The number of rotatable bonds is 8. The van der Waals surface area contributed by atoms with E-state index in [4.69, 9.17) is 11.6 Å². The van der Waals surface area contributed by atoms with Gasteiger partial charge >= 0.3 is 0 Å². The van der Waals surface area contributed by atoms with Gasteiger partial charge in [-0.1, -0.05) is 0 Å². The van der Waals surface area contributed by atoms with Crippen molar-refractivity contribution in [3.05, 3.63) is 35.3 Å². The molecular formula is C17H19ClN4O3S2. The van der Waals surface area contributed by atoms with Crippen LogP contribution >= 0.6 is 34.7 Å². The molecule has 1 atom stereocenters. The van der Waals surface area contributed by atoms with Crippen LogP contribution in [0.15, 0.2) is 29.6 Å². The van der Waals surface area contributed by atoms with Crippen molar-refractivity contribution in [3.63, 3.8) is 0 Å². The van der Waals surface area contributed by atoms with Crippen LogP contribution in [0, 0.1) is 0 Å². The van der Waals surface area contributed by atoms with Gasteiger partial charge in [0.2, 0.25) is 17.7 Å². The fourth-order valence-electron chi connectivity index (χ4n) is 1.92. The summed E-state index contributed by atoms with van der Waals surface area (Å²) in [4.78, 5) is 38.8. The van der Waals surface area contributed by atoms with Crippen molar-refractivity contribution >= 4 is 68.9 Å². The van der Waals surface area contributed by atoms with Crippen LogP contribution in [0.5, 0.6) is 0 Å². The van der Waals surface area contributed by atoms with Gasteiger partial charge in [0.1, 0.15) is 5.38 Å². The third kappa shape index (κ3) is 7.58. The molecule has 0 bridgehead atoms. The smallest absolute Gasteiger partial charge is 0.243 e. The molecule has 1 aromatic carbocycles. The molecule has 0 radical (unpaired) electrons. The van der Waals surface area contributed by atoms with E-state index >= 15 is 0 Å². The first-order valence-electron chi connectivity index (χ1n) is 7.98. The minimum Gasteiger partial charge on any atom is -0.326 e. The third-order valence-corrected chi connectivity index (χ3v) is 5.09. The fraction of sp³-hybridized carbons (Fsp3) is 0.294. The Morgan fingerprint density at radius 2 is 1.78 bits per heavy atom. The van der Waals surface area contributed by atoms with Gasteiger partial charge in [-0.05, 0) is 31.2 Å². The summed E-state index contributed by atoms with van der Waals surface area (Å²) < 4.78 is 0. The molecule has 0 aliphatic heterocycles. The lowest BCUT2D eigenvalue weighted by Gasteiger charge is -2.06. The van der Waals surface area contributed by atoms with Crippen LogP contribution < -0.4 is 16.0 Å². The highest BCUT2D eigenvalue weighted by Crippen LogP contribution is 2.20. The molecule has 1 heterocycles. The molecule has 3 N–H and O–H groups in total. The molecular weight excluding hydrogens is 408 g/mol. The van der Waals surface area contributed by atoms with Crippen LogP contribution in [0.2, 0.25) is 0 Å². The van der Waals surface area contributed by atoms with E-state index in [1.807, 2.05) is 5.38 Å². The number of carbonyl (C=O) groups is 3. The average molecular weight is 427 g/mol. The van der Waals surface area contributed by atoms with Crippen LogP contribution in [-0.4, -0.2) is 33.8 Å². The highest BCUT2D eigenvalue weighted by atomic mass is 35.5. The van der Waals surface area contributed by atoms with E-state index in [0.717, 1.165) is 5.69 Å². The fourth-order valence-corrected chi connectivity index (χ4v) is 3.51. The first-order valence-corrected chi connectivity index (χ1v) is 10.4. The Morgan fingerprint density at radius 1 is 1.15 bits per heavy atom. The van der Waals surface area contributed by atoms with Crippen LogP contribution in [0.3, 0.4) is 0 Å². The van der Waals surface area contributed by atoms with Gasteiger partial charge in [0.25, 0.3) is 0 Å². The van der Waals surface area contributed by atoms with Gasteiger partial charge in [0.15, 0.2) is 5.13 Å². The number of amides is 3. The van der Waals surface area contributed by atoms with Crippen molar-refractivity contribution in [3.8, 4) is 0 Å². The number of benzene rings is 1. The van der Waals surface area contributed by atoms with Crippen molar-refractivity contribution in [1.82, 2.24) is 4.98 Å². The lowest BCUT2D eigenvalue weighted by Crippen LogP contribution is -2.20. The second-order valence-electron chi connectivity index (χ2n) is 5.55. The third-order valence-electron chi connectivity index (χ3n) is 3.12. The van der Waals surface area contributed by atoms with E-state index in [1.165, 1.54) is 30.0 Å². The number of hydrogen-bond donors (Lipinski definition) is 3. The Kier molecular flexibility index (Phi) is 8.08. The topological polar surface area (TPSA) is 100 Å². The summed E-state index contributed by atoms with van der Waals surface area (Å²) >= 11 is 8.44. The Bertz CT molecular complexity index is 809. The molecule has 0 spiro atoms. The second-order valence-corrected chi connectivity index (χ2v) is 8.05. The number of carbonyl (C=O) groups excluding carboxylic acids is 3. The van der Waals surface area contributed by atoms with Crippen molar-refractivity contribution < 1.29 is 14.4 Å². The summed E-state index contributed by atoms with van der Waals surface area (Å²) in [6.07, 6.45) is 0. The highest BCUT2D eigenvalue weighted by molar-refractivity contribution is 7.99. The number of alkyl halides is 1. The molecule has 27 heavy (non-hydrogen) atoms. The molecule has 3 amide bonds. The summed E-state index contributed by atoms with van der Waals surface area (Å²) in [5.74, 6) is 0.245. The maximum Gasteiger partial charge on any atom is 0.243 e. The van der Waals surface area contributed by atoms with E-state index in [1.54, 1.807) is 31.2 Å². The molecule has 7 nitrogen and oxygen atoms in total. The van der Waals surface area contributed by atoms with Gasteiger partial charge in [-0.25, -0.2) is 4.98 Å². The Labute approximate surface area is 170 Å². The number of hydrogen-bond acceptors (Lipinski definition) is 6. The SMILES string of the molecule is CC(=O)Nc1ccc(NC(=O)CSCc2csc(NC(=O)C(C)Cl)n2)cc1. The number of anilines is 3. The van der Waals surface area contributed by atoms with Gasteiger partial charge in [-0.3, -0.25) is 14.4 Å². The summed E-state index contributed by atoms with van der Waals surface area (Å²) in [5, 5.41) is 9.79. The summed E-state index contributed by atoms with van der Waals surface area (Å²) in [5.41, 5.74) is 2.11. The first-order chi connectivity index (χ1) is 12.8. The molecule has 2 aromatic rings. The van der Waals surface area contributed by atoms with Gasteiger partial charge < -0.3 is 16.0 Å². The largest absolute Gasteiger partial charge is 0.326 e. The lowest BCUT2D eigenvalue weighted by atomic mass is 10.3. The molecule has 1 aromatic heterocycles. The molecule has 0 aliphatic carbocycles. The van der Waals surface area contributed by atoms with Crippen molar-refractivity contribution in [1.29, 1.82) is 0 Å². The molecule has 0 saturated heterocycles.